The van der Waals surface area contributed by atoms with Crippen LogP contribution in [0.25, 0.3) is 0 Å². The third kappa shape index (κ3) is 5.65. The minimum atomic E-state index is -0.179. The number of hydrogen-bond donors (Lipinski definition) is 2. The second-order valence-corrected chi connectivity index (χ2v) is 6.19. The molecule has 1 aromatic heterocycles. The van der Waals surface area contributed by atoms with Gasteiger partial charge in [-0.1, -0.05) is 28.1 Å². The number of carbonyl (C=O) groups excluding carboxylic acids is 1. The zero-order valence-corrected chi connectivity index (χ0v) is 14.5. The average Bonchev–Trinajstić information content (AvgIpc) is 2.53. The molecule has 1 amide bonds. The summed E-state index contributed by atoms with van der Waals surface area (Å²) in [7, 11) is 1.64. The van der Waals surface area contributed by atoms with E-state index in [1.165, 1.54) is 0 Å². The number of nitrogens with two attached hydrogens (primary N) is 1. The molecule has 1 aromatic carbocycles. The van der Waals surface area contributed by atoms with Crippen molar-refractivity contribution in [2.24, 2.45) is 5.92 Å². The van der Waals surface area contributed by atoms with E-state index in [4.69, 9.17) is 10.5 Å². The second kappa shape index (κ2) is 8.64. The fourth-order valence-electron chi connectivity index (χ4n) is 2.26. The van der Waals surface area contributed by atoms with Gasteiger partial charge < -0.3 is 15.8 Å². The summed E-state index contributed by atoms with van der Waals surface area (Å²) in [6.45, 7) is 0.534. The van der Waals surface area contributed by atoms with E-state index >= 15 is 0 Å². The van der Waals surface area contributed by atoms with Crippen molar-refractivity contribution >= 4 is 33.3 Å². The number of nitrogen functional groups attached to an aromatic ring is 1. The molecule has 2 aromatic rings. The van der Waals surface area contributed by atoms with E-state index in [-0.39, 0.29) is 11.8 Å². The standard InChI is InChI=1S/C17H20BrN3O2/c1-23-8-7-13(9-12-3-2-4-14(18)10-12)17(22)21-15-5-6-16(19)20-11-15/h2-6,10-11,13H,7-9H2,1H3,(H2,19,20)(H,21,22). The van der Waals surface area contributed by atoms with E-state index in [2.05, 4.69) is 26.2 Å². The number of hydrogen-bond acceptors (Lipinski definition) is 4. The van der Waals surface area contributed by atoms with E-state index in [9.17, 15) is 4.79 Å². The van der Waals surface area contributed by atoms with Crippen molar-refractivity contribution in [1.29, 1.82) is 0 Å². The number of amides is 1. The van der Waals surface area contributed by atoms with Crippen LogP contribution in [0, 0.1) is 5.92 Å². The molecule has 0 saturated heterocycles. The minimum absolute atomic E-state index is 0.0476. The molecule has 0 radical (unpaired) electrons. The highest BCUT2D eigenvalue weighted by molar-refractivity contribution is 9.10. The summed E-state index contributed by atoms with van der Waals surface area (Å²) < 4.78 is 6.14. The highest BCUT2D eigenvalue weighted by Gasteiger charge is 2.19. The summed E-state index contributed by atoms with van der Waals surface area (Å²) in [6.07, 6.45) is 2.86. The van der Waals surface area contributed by atoms with Gasteiger partial charge in [0.2, 0.25) is 5.91 Å². The molecule has 0 aliphatic heterocycles. The molecule has 0 bridgehead atoms. The Kier molecular flexibility index (Phi) is 6.55. The number of nitrogens with zero attached hydrogens (tertiary/aromatic N) is 1. The predicted molar refractivity (Wildman–Crippen MR) is 95.1 cm³/mol. The van der Waals surface area contributed by atoms with Crippen molar-refractivity contribution in [2.45, 2.75) is 12.8 Å². The summed E-state index contributed by atoms with van der Waals surface area (Å²) in [4.78, 5) is 16.5. The Morgan fingerprint density at radius 3 is 2.87 bits per heavy atom. The number of rotatable bonds is 7. The molecule has 0 fully saturated rings. The highest BCUT2D eigenvalue weighted by atomic mass is 79.9. The number of nitrogens with one attached hydrogen (secondary N) is 1. The first-order chi connectivity index (χ1) is 11.1. The lowest BCUT2D eigenvalue weighted by molar-refractivity contribution is -0.120. The number of methoxy groups -OCH3 is 1. The van der Waals surface area contributed by atoms with Crippen LogP contribution in [0.5, 0.6) is 0 Å². The van der Waals surface area contributed by atoms with E-state index < -0.39 is 0 Å². The van der Waals surface area contributed by atoms with Gasteiger partial charge in [0.25, 0.3) is 0 Å². The SMILES string of the molecule is COCCC(Cc1cccc(Br)c1)C(=O)Nc1ccc(N)nc1. The van der Waals surface area contributed by atoms with Crippen molar-refractivity contribution in [2.75, 3.05) is 24.8 Å². The number of anilines is 2. The first-order valence-corrected chi connectivity index (χ1v) is 8.13. The van der Waals surface area contributed by atoms with E-state index in [0.717, 1.165) is 10.0 Å². The molecule has 1 heterocycles. The molecule has 1 atom stereocenters. The zero-order valence-electron chi connectivity index (χ0n) is 13.0. The summed E-state index contributed by atoms with van der Waals surface area (Å²) in [5.41, 5.74) is 7.30. The molecule has 0 aliphatic carbocycles. The van der Waals surface area contributed by atoms with E-state index in [1.54, 1.807) is 25.4 Å². The molecular weight excluding hydrogens is 358 g/mol. The summed E-state index contributed by atoms with van der Waals surface area (Å²) in [5, 5.41) is 2.89. The second-order valence-electron chi connectivity index (χ2n) is 5.27. The largest absolute Gasteiger partial charge is 0.385 e. The van der Waals surface area contributed by atoms with Gasteiger partial charge in [0.1, 0.15) is 5.82 Å². The quantitative estimate of drug-likeness (QED) is 0.775. The lowest BCUT2D eigenvalue weighted by Crippen LogP contribution is -2.26. The van der Waals surface area contributed by atoms with Gasteiger partial charge in [-0.3, -0.25) is 4.79 Å². The van der Waals surface area contributed by atoms with Gasteiger partial charge in [-0.25, -0.2) is 4.98 Å². The van der Waals surface area contributed by atoms with Crippen molar-refractivity contribution in [3.63, 3.8) is 0 Å². The first-order valence-electron chi connectivity index (χ1n) is 7.34. The van der Waals surface area contributed by atoms with Crippen LogP contribution in [-0.2, 0) is 16.0 Å². The fraction of sp³-hybridized carbons (Fsp3) is 0.294. The monoisotopic (exact) mass is 377 g/mol. The van der Waals surface area contributed by atoms with Crippen LogP contribution in [-0.4, -0.2) is 24.6 Å². The Labute approximate surface area is 144 Å². The van der Waals surface area contributed by atoms with Crippen molar-refractivity contribution in [1.82, 2.24) is 4.98 Å². The Morgan fingerprint density at radius 2 is 2.22 bits per heavy atom. The van der Waals surface area contributed by atoms with Gasteiger partial charge in [0.05, 0.1) is 11.9 Å². The summed E-state index contributed by atoms with van der Waals surface area (Å²) >= 11 is 3.46. The Balaban J connectivity index is 2.06. The summed E-state index contributed by atoms with van der Waals surface area (Å²) in [6, 6.07) is 11.4. The molecule has 2 rings (SSSR count). The van der Waals surface area contributed by atoms with Crippen LogP contribution < -0.4 is 11.1 Å². The molecule has 6 heteroatoms. The first kappa shape index (κ1) is 17.4. The van der Waals surface area contributed by atoms with E-state index in [1.807, 2.05) is 24.3 Å². The number of carbonyl (C=O) groups is 1. The lowest BCUT2D eigenvalue weighted by atomic mass is 9.95. The molecule has 1 unspecified atom stereocenters. The number of ether oxygens (including phenoxy) is 1. The molecule has 23 heavy (non-hydrogen) atoms. The maximum absolute atomic E-state index is 12.6. The Bertz CT molecular complexity index is 647. The van der Waals surface area contributed by atoms with Crippen LogP contribution in [0.1, 0.15) is 12.0 Å². The molecule has 0 saturated carbocycles. The number of aromatic nitrogens is 1. The summed E-state index contributed by atoms with van der Waals surface area (Å²) in [5.74, 6) is 0.198. The van der Waals surface area contributed by atoms with Gasteiger partial charge >= 0.3 is 0 Å². The van der Waals surface area contributed by atoms with Crippen LogP contribution in [0.2, 0.25) is 0 Å². The number of benzene rings is 1. The van der Waals surface area contributed by atoms with Gasteiger partial charge in [-0.15, -0.1) is 0 Å². The zero-order chi connectivity index (χ0) is 16.7. The maximum Gasteiger partial charge on any atom is 0.227 e. The molecule has 0 aliphatic rings. The maximum atomic E-state index is 12.6. The topological polar surface area (TPSA) is 77.2 Å². The smallest absolute Gasteiger partial charge is 0.227 e. The van der Waals surface area contributed by atoms with Crippen LogP contribution in [0.4, 0.5) is 11.5 Å². The van der Waals surface area contributed by atoms with Crippen LogP contribution in [0.3, 0.4) is 0 Å². The van der Waals surface area contributed by atoms with Gasteiger partial charge in [-0.2, -0.15) is 0 Å². The molecule has 3 N–H and O–H groups in total. The molecular formula is C17H20BrN3O2. The van der Waals surface area contributed by atoms with Crippen molar-refractivity contribution < 1.29 is 9.53 Å². The third-order valence-electron chi connectivity index (χ3n) is 3.47. The van der Waals surface area contributed by atoms with Crippen LogP contribution >= 0.6 is 15.9 Å². The van der Waals surface area contributed by atoms with Crippen molar-refractivity contribution in [3.8, 4) is 0 Å². The van der Waals surface area contributed by atoms with Gasteiger partial charge in [-0.05, 0) is 42.7 Å². The highest BCUT2D eigenvalue weighted by Crippen LogP contribution is 2.19. The molecule has 122 valence electrons. The van der Waals surface area contributed by atoms with E-state index in [0.29, 0.717) is 31.0 Å². The van der Waals surface area contributed by atoms with Crippen LogP contribution in [0.15, 0.2) is 47.1 Å². The molecule has 5 nitrogen and oxygen atoms in total. The Hall–Kier alpha value is -1.92. The minimum Gasteiger partial charge on any atom is -0.385 e. The number of halogens is 1. The lowest BCUT2D eigenvalue weighted by Gasteiger charge is -2.17. The predicted octanol–water partition coefficient (Wildman–Crippen LogP) is 3.26. The number of pyridine rings is 1. The van der Waals surface area contributed by atoms with Gasteiger partial charge in [0.15, 0.2) is 0 Å². The Morgan fingerprint density at radius 1 is 1.39 bits per heavy atom. The fourth-order valence-corrected chi connectivity index (χ4v) is 2.70. The average molecular weight is 378 g/mol. The third-order valence-corrected chi connectivity index (χ3v) is 3.96. The normalized spacial score (nSPS) is 11.9. The van der Waals surface area contributed by atoms with Gasteiger partial charge in [0, 0.05) is 24.1 Å². The molecule has 0 spiro atoms. The van der Waals surface area contributed by atoms with Crippen molar-refractivity contribution in [3.05, 3.63) is 52.6 Å².